The van der Waals surface area contributed by atoms with Gasteiger partial charge in [0, 0.05) is 11.1 Å². The monoisotopic (exact) mass is 305 g/mol. The van der Waals surface area contributed by atoms with Crippen molar-refractivity contribution in [2.45, 2.75) is 24.5 Å². The molecular formula is C14H12FN3O2S. The normalized spacial score (nSPS) is 14.9. The summed E-state index contributed by atoms with van der Waals surface area (Å²) in [6.45, 7) is 0. The van der Waals surface area contributed by atoms with E-state index in [2.05, 4.69) is 5.10 Å². The minimum Gasteiger partial charge on any atom is -0.206 e. The van der Waals surface area contributed by atoms with Crippen LogP contribution in [0, 0.1) is 17.1 Å². The zero-order valence-electron chi connectivity index (χ0n) is 11.0. The van der Waals surface area contributed by atoms with Gasteiger partial charge in [0.05, 0.1) is 30.1 Å². The van der Waals surface area contributed by atoms with Crippen LogP contribution in [0.5, 0.6) is 0 Å². The number of aromatic nitrogens is 2. The van der Waals surface area contributed by atoms with E-state index in [1.165, 1.54) is 24.5 Å². The fraction of sp³-hybridized carbons (Fsp3) is 0.286. The topological polar surface area (TPSA) is 75.8 Å². The zero-order chi connectivity index (χ0) is 15.0. The Balaban J connectivity index is 2.00. The van der Waals surface area contributed by atoms with Gasteiger partial charge in [-0.15, -0.1) is 0 Å². The maximum absolute atomic E-state index is 13.9. The minimum atomic E-state index is -3.46. The molecule has 1 aliphatic rings. The van der Waals surface area contributed by atoms with Gasteiger partial charge >= 0.3 is 0 Å². The second-order valence-electron chi connectivity index (χ2n) is 4.99. The lowest BCUT2D eigenvalue weighted by molar-refractivity contribution is 0.578. The van der Waals surface area contributed by atoms with Gasteiger partial charge in [-0.2, -0.15) is 14.4 Å². The lowest BCUT2D eigenvalue weighted by atomic mass is 10.0. The van der Waals surface area contributed by atoms with Gasteiger partial charge in [-0.1, -0.05) is 6.07 Å². The summed E-state index contributed by atoms with van der Waals surface area (Å²) in [4.78, 5) is 0. The predicted octanol–water partition coefficient (Wildman–Crippen LogP) is 2.10. The Kier molecular flexibility index (Phi) is 3.26. The molecule has 7 heteroatoms. The van der Waals surface area contributed by atoms with Crippen LogP contribution in [-0.4, -0.2) is 22.9 Å². The Labute approximate surface area is 121 Å². The molecule has 1 saturated carbocycles. The molecule has 0 amide bonds. The van der Waals surface area contributed by atoms with Crippen molar-refractivity contribution in [3.8, 4) is 17.2 Å². The van der Waals surface area contributed by atoms with Gasteiger partial charge in [0.2, 0.25) is 0 Å². The number of halogens is 1. The van der Waals surface area contributed by atoms with E-state index in [4.69, 9.17) is 5.26 Å². The Morgan fingerprint density at radius 3 is 2.86 bits per heavy atom. The SMILES string of the molecule is N#CCc1ccc(F)c(-c2cnn(S(=O)(=O)C3CC3)c2)c1. The lowest BCUT2D eigenvalue weighted by Gasteiger charge is -2.03. The summed E-state index contributed by atoms with van der Waals surface area (Å²) >= 11 is 0. The molecule has 1 aliphatic carbocycles. The van der Waals surface area contributed by atoms with Gasteiger partial charge in [-0.05, 0) is 30.5 Å². The summed E-state index contributed by atoms with van der Waals surface area (Å²) in [5.74, 6) is -0.472. The Bertz CT molecular complexity index is 832. The maximum Gasteiger partial charge on any atom is 0.256 e. The molecule has 0 bridgehead atoms. The van der Waals surface area contributed by atoms with Gasteiger partial charge < -0.3 is 0 Å². The molecule has 0 N–H and O–H groups in total. The number of hydrogen-bond acceptors (Lipinski definition) is 4. The highest BCUT2D eigenvalue weighted by atomic mass is 32.2. The van der Waals surface area contributed by atoms with Gasteiger partial charge in [0.25, 0.3) is 10.0 Å². The van der Waals surface area contributed by atoms with Crippen molar-refractivity contribution >= 4 is 10.0 Å². The molecule has 1 fully saturated rings. The highest BCUT2D eigenvalue weighted by molar-refractivity contribution is 7.90. The third-order valence-corrected chi connectivity index (χ3v) is 5.43. The van der Waals surface area contributed by atoms with E-state index < -0.39 is 15.8 Å². The zero-order valence-corrected chi connectivity index (χ0v) is 11.8. The number of rotatable bonds is 4. The standard InChI is InChI=1S/C14H12FN3O2S/c15-14-4-1-10(5-6-16)7-13(14)11-8-17-18(9-11)21(19,20)12-2-3-12/h1,4,7-9,12H,2-3,5H2. The first-order valence-electron chi connectivity index (χ1n) is 6.47. The fourth-order valence-electron chi connectivity index (χ4n) is 2.10. The van der Waals surface area contributed by atoms with Gasteiger partial charge in [-0.25, -0.2) is 12.8 Å². The molecular weight excluding hydrogens is 293 g/mol. The second kappa shape index (κ2) is 4.97. The Morgan fingerprint density at radius 2 is 2.19 bits per heavy atom. The third-order valence-electron chi connectivity index (χ3n) is 3.39. The minimum absolute atomic E-state index is 0.168. The molecule has 2 aromatic rings. The molecule has 0 unspecified atom stereocenters. The molecule has 0 radical (unpaired) electrons. The fourth-order valence-corrected chi connectivity index (χ4v) is 3.57. The molecule has 5 nitrogen and oxygen atoms in total. The highest BCUT2D eigenvalue weighted by Crippen LogP contribution is 2.31. The highest BCUT2D eigenvalue weighted by Gasteiger charge is 2.37. The molecule has 1 aromatic heterocycles. The van der Waals surface area contributed by atoms with E-state index in [1.54, 1.807) is 6.07 Å². The first-order chi connectivity index (χ1) is 10.0. The maximum atomic E-state index is 13.9. The van der Waals surface area contributed by atoms with Crippen LogP contribution in [0.3, 0.4) is 0 Å². The van der Waals surface area contributed by atoms with Crippen molar-refractivity contribution in [2.24, 2.45) is 0 Å². The lowest BCUT2D eigenvalue weighted by Crippen LogP contribution is -2.17. The van der Waals surface area contributed by atoms with Crippen LogP contribution in [0.4, 0.5) is 4.39 Å². The Morgan fingerprint density at radius 1 is 1.43 bits per heavy atom. The summed E-state index contributed by atoms with van der Waals surface area (Å²) in [5.41, 5.74) is 1.31. The van der Waals surface area contributed by atoms with Crippen molar-refractivity contribution in [3.63, 3.8) is 0 Å². The molecule has 21 heavy (non-hydrogen) atoms. The number of benzene rings is 1. The van der Waals surface area contributed by atoms with Crippen LogP contribution < -0.4 is 0 Å². The molecule has 1 heterocycles. The van der Waals surface area contributed by atoms with E-state index >= 15 is 0 Å². The first-order valence-corrected chi connectivity index (χ1v) is 7.97. The molecule has 0 saturated heterocycles. The summed E-state index contributed by atoms with van der Waals surface area (Å²) in [5, 5.41) is 12.2. The summed E-state index contributed by atoms with van der Waals surface area (Å²) in [7, 11) is -3.46. The van der Waals surface area contributed by atoms with Crippen molar-refractivity contribution in [1.29, 1.82) is 5.26 Å². The molecule has 1 aromatic carbocycles. The van der Waals surface area contributed by atoms with Crippen molar-refractivity contribution in [2.75, 3.05) is 0 Å². The second-order valence-corrected chi connectivity index (χ2v) is 7.07. The smallest absolute Gasteiger partial charge is 0.206 e. The summed E-state index contributed by atoms with van der Waals surface area (Å²) in [6, 6.07) is 6.35. The van der Waals surface area contributed by atoms with Crippen LogP contribution in [0.1, 0.15) is 18.4 Å². The average molecular weight is 305 g/mol. The Hall–Kier alpha value is -2.20. The third kappa shape index (κ3) is 2.54. The molecule has 0 atom stereocenters. The van der Waals surface area contributed by atoms with Crippen molar-refractivity contribution in [1.82, 2.24) is 9.19 Å². The van der Waals surface area contributed by atoms with Gasteiger partial charge in [0.15, 0.2) is 0 Å². The van der Waals surface area contributed by atoms with Crippen molar-refractivity contribution in [3.05, 3.63) is 42.0 Å². The summed E-state index contributed by atoms with van der Waals surface area (Å²) in [6.07, 6.45) is 4.10. The first kappa shape index (κ1) is 13.8. The van der Waals surface area contributed by atoms with Crippen LogP contribution >= 0.6 is 0 Å². The molecule has 0 aliphatic heterocycles. The van der Waals surface area contributed by atoms with Crippen molar-refractivity contribution < 1.29 is 12.8 Å². The van der Waals surface area contributed by atoms with Crippen LogP contribution in [0.25, 0.3) is 11.1 Å². The average Bonchev–Trinajstić information content (AvgIpc) is 3.20. The van der Waals surface area contributed by atoms with Gasteiger partial charge in [-0.3, -0.25) is 0 Å². The number of nitriles is 1. The van der Waals surface area contributed by atoms with Gasteiger partial charge in [0.1, 0.15) is 5.82 Å². The van der Waals surface area contributed by atoms with E-state index in [1.807, 2.05) is 6.07 Å². The van der Waals surface area contributed by atoms with Crippen LogP contribution in [0.15, 0.2) is 30.6 Å². The molecule has 3 rings (SSSR count). The van der Waals surface area contributed by atoms with E-state index in [9.17, 15) is 12.8 Å². The number of hydrogen-bond donors (Lipinski definition) is 0. The molecule has 0 spiro atoms. The predicted molar refractivity (Wildman–Crippen MR) is 74.3 cm³/mol. The van der Waals surface area contributed by atoms with Crippen LogP contribution in [-0.2, 0) is 16.4 Å². The summed E-state index contributed by atoms with van der Waals surface area (Å²) < 4.78 is 38.9. The van der Waals surface area contributed by atoms with E-state index in [-0.39, 0.29) is 17.2 Å². The van der Waals surface area contributed by atoms with E-state index in [0.29, 0.717) is 24.0 Å². The quantitative estimate of drug-likeness (QED) is 0.866. The van der Waals surface area contributed by atoms with Crippen LogP contribution in [0.2, 0.25) is 0 Å². The number of nitrogens with zero attached hydrogens (tertiary/aromatic N) is 3. The van der Waals surface area contributed by atoms with E-state index in [0.717, 1.165) is 4.09 Å². The largest absolute Gasteiger partial charge is 0.256 e. The molecule has 108 valence electrons.